The Bertz CT molecular complexity index is 562. The Kier molecular flexibility index (Phi) is 9.74. The maximum atomic E-state index is 11.9. The van der Waals surface area contributed by atoms with Crippen LogP contribution in [0.2, 0.25) is 0 Å². The standard InChI is InChI=1S/C18H25N3O3/c1-24-17-7-5-15(6-8-17)9-11-21-18(23)16(13-19)14-20-10-3-2-4-12-22/h5-8,14,20,22H,2-4,9-12H2,1H3,(H,21,23)/b16-14-. The Hall–Kier alpha value is -2.52. The minimum absolute atomic E-state index is 0.0619. The van der Waals surface area contributed by atoms with Crippen LogP contribution in [0.4, 0.5) is 0 Å². The molecular weight excluding hydrogens is 306 g/mol. The predicted molar refractivity (Wildman–Crippen MR) is 92.3 cm³/mol. The van der Waals surface area contributed by atoms with Gasteiger partial charge in [-0.1, -0.05) is 12.1 Å². The van der Waals surface area contributed by atoms with Crippen molar-refractivity contribution < 1.29 is 14.6 Å². The number of rotatable bonds is 11. The zero-order valence-corrected chi connectivity index (χ0v) is 14.0. The molecule has 6 nitrogen and oxygen atoms in total. The molecule has 0 aliphatic rings. The topological polar surface area (TPSA) is 94.4 Å². The highest BCUT2D eigenvalue weighted by molar-refractivity contribution is 5.97. The van der Waals surface area contributed by atoms with E-state index >= 15 is 0 Å². The lowest BCUT2D eigenvalue weighted by molar-refractivity contribution is -0.117. The molecule has 0 aliphatic carbocycles. The van der Waals surface area contributed by atoms with Crippen molar-refractivity contribution in [1.82, 2.24) is 10.6 Å². The molecule has 0 unspecified atom stereocenters. The Morgan fingerprint density at radius 1 is 1.25 bits per heavy atom. The van der Waals surface area contributed by atoms with Gasteiger partial charge in [-0.05, 0) is 43.4 Å². The lowest BCUT2D eigenvalue weighted by Crippen LogP contribution is -2.27. The van der Waals surface area contributed by atoms with Crippen LogP contribution in [0, 0.1) is 11.3 Å². The van der Waals surface area contributed by atoms with Crippen LogP contribution >= 0.6 is 0 Å². The summed E-state index contributed by atoms with van der Waals surface area (Å²) in [4.78, 5) is 11.9. The Morgan fingerprint density at radius 3 is 2.62 bits per heavy atom. The first kappa shape index (κ1) is 19.5. The minimum atomic E-state index is -0.381. The van der Waals surface area contributed by atoms with Gasteiger partial charge in [-0.3, -0.25) is 4.79 Å². The average molecular weight is 331 g/mol. The highest BCUT2D eigenvalue weighted by Crippen LogP contribution is 2.11. The van der Waals surface area contributed by atoms with E-state index in [0.717, 1.165) is 30.6 Å². The van der Waals surface area contributed by atoms with Crippen molar-refractivity contribution in [2.24, 2.45) is 0 Å². The van der Waals surface area contributed by atoms with Crippen LogP contribution in [-0.2, 0) is 11.2 Å². The van der Waals surface area contributed by atoms with Gasteiger partial charge in [-0.2, -0.15) is 5.26 Å². The van der Waals surface area contributed by atoms with Gasteiger partial charge in [0.2, 0.25) is 0 Å². The summed E-state index contributed by atoms with van der Waals surface area (Å²) in [6, 6.07) is 9.53. The van der Waals surface area contributed by atoms with Gasteiger partial charge in [-0.15, -0.1) is 0 Å². The molecule has 0 aromatic heterocycles. The lowest BCUT2D eigenvalue weighted by atomic mass is 10.1. The number of benzene rings is 1. The number of amides is 1. The summed E-state index contributed by atoms with van der Waals surface area (Å²) in [5, 5.41) is 23.4. The number of hydrogen-bond donors (Lipinski definition) is 3. The highest BCUT2D eigenvalue weighted by Gasteiger charge is 2.07. The zero-order chi connectivity index (χ0) is 17.6. The molecule has 1 rings (SSSR count). The van der Waals surface area contributed by atoms with Gasteiger partial charge in [0.1, 0.15) is 17.4 Å². The molecular formula is C18H25N3O3. The van der Waals surface area contributed by atoms with Gasteiger partial charge in [0.25, 0.3) is 5.91 Å². The number of unbranched alkanes of at least 4 members (excludes halogenated alkanes) is 2. The fourth-order valence-corrected chi connectivity index (χ4v) is 2.05. The minimum Gasteiger partial charge on any atom is -0.497 e. The third kappa shape index (κ3) is 7.65. The van der Waals surface area contributed by atoms with Crippen molar-refractivity contribution in [1.29, 1.82) is 5.26 Å². The number of carbonyl (C=O) groups is 1. The van der Waals surface area contributed by atoms with E-state index in [2.05, 4.69) is 10.6 Å². The normalized spacial score (nSPS) is 10.8. The van der Waals surface area contributed by atoms with E-state index in [1.807, 2.05) is 30.3 Å². The molecule has 1 aromatic carbocycles. The highest BCUT2D eigenvalue weighted by atomic mass is 16.5. The van der Waals surface area contributed by atoms with Gasteiger partial charge in [0, 0.05) is 25.9 Å². The molecule has 24 heavy (non-hydrogen) atoms. The molecule has 0 fully saturated rings. The molecule has 0 atom stereocenters. The number of nitrogens with one attached hydrogen (secondary N) is 2. The van der Waals surface area contributed by atoms with Gasteiger partial charge < -0.3 is 20.5 Å². The van der Waals surface area contributed by atoms with Gasteiger partial charge in [0.05, 0.1) is 7.11 Å². The molecule has 0 aliphatic heterocycles. The fraction of sp³-hybridized carbons (Fsp3) is 0.444. The fourth-order valence-electron chi connectivity index (χ4n) is 2.05. The summed E-state index contributed by atoms with van der Waals surface area (Å²) in [5.41, 5.74) is 1.15. The van der Waals surface area contributed by atoms with Crippen LogP contribution in [-0.4, -0.2) is 37.8 Å². The molecule has 1 aromatic rings. The Morgan fingerprint density at radius 2 is 2.00 bits per heavy atom. The number of ether oxygens (including phenoxy) is 1. The quantitative estimate of drug-likeness (QED) is 0.325. The molecule has 0 saturated heterocycles. The number of nitriles is 1. The smallest absolute Gasteiger partial charge is 0.263 e. The van der Waals surface area contributed by atoms with Crippen LogP contribution in [0.1, 0.15) is 24.8 Å². The summed E-state index contributed by atoms with van der Waals surface area (Å²) in [6.07, 6.45) is 4.69. The molecule has 0 radical (unpaired) electrons. The number of nitrogens with zero attached hydrogens (tertiary/aromatic N) is 1. The van der Waals surface area contributed by atoms with E-state index in [4.69, 9.17) is 15.1 Å². The van der Waals surface area contributed by atoms with Crippen LogP contribution in [0.15, 0.2) is 36.0 Å². The molecule has 0 spiro atoms. The summed E-state index contributed by atoms with van der Waals surface area (Å²) in [6.45, 7) is 1.32. The first-order chi connectivity index (χ1) is 11.7. The van der Waals surface area contributed by atoms with E-state index in [-0.39, 0.29) is 18.1 Å². The first-order valence-electron chi connectivity index (χ1n) is 8.07. The Balaban J connectivity index is 2.31. The van der Waals surface area contributed by atoms with Crippen molar-refractivity contribution in [3.63, 3.8) is 0 Å². The largest absolute Gasteiger partial charge is 0.497 e. The van der Waals surface area contributed by atoms with Crippen LogP contribution in [0.25, 0.3) is 0 Å². The van der Waals surface area contributed by atoms with Crippen molar-refractivity contribution in [3.05, 3.63) is 41.6 Å². The number of methoxy groups -OCH3 is 1. The number of aliphatic hydroxyl groups is 1. The summed E-state index contributed by atoms with van der Waals surface area (Å²) in [5.74, 6) is 0.413. The van der Waals surface area contributed by atoms with Crippen molar-refractivity contribution in [3.8, 4) is 11.8 Å². The second-order valence-corrected chi connectivity index (χ2v) is 5.26. The van der Waals surface area contributed by atoms with Crippen LogP contribution in [0.5, 0.6) is 5.75 Å². The average Bonchev–Trinajstić information content (AvgIpc) is 2.61. The molecule has 130 valence electrons. The monoisotopic (exact) mass is 331 g/mol. The van der Waals surface area contributed by atoms with Gasteiger partial charge in [0.15, 0.2) is 0 Å². The van der Waals surface area contributed by atoms with Crippen LogP contribution < -0.4 is 15.4 Å². The molecule has 1 amide bonds. The maximum Gasteiger partial charge on any atom is 0.263 e. The van der Waals surface area contributed by atoms with Crippen molar-refractivity contribution >= 4 is 5.91 Å². The van der Waals surface area contributed by atoms with Crippen molar-refractivity contribution in [2.75, 3.05) is 26.8 Å². The third-order valence-electron chi connectivity index (χ3n) is 3.45. The van der Waals surface area contributed by atoms with Crippen molar-refractivity contribution in [2.45, 2.75) is 25.7 Å². The van der Waals surface area contributed by atoms with Gasteiger partial charge >= 0.3 is 0 Å². The van der Waals surface area contributed by atoms with Crippen LogP contribution in [0.3, 0.4) is 0 Å². The molecule has 3 N–H and O–H groups in total. The predicted octanol–water partition coefficient (Wildman–Crippen LogP) is 1.51. The number of carbonyl (C=O) groups excluding carboxylic acids is 1. The van der Waals surface area contributed by atoms with E-state index in [1.54, 1.807) is 7.11 Å². The van der Waals surface area contributed by atoms with E-state index in [0.29, 0.717) is 19.5 Å². The molecule has 6 heteroatoms. The first-order valence-corrected chi connectivity index (χ1v) is 8.07. The van der Waals surface area contributed by atoms with E-state index in [9.17, 15) is 4.79 Å². The third-order valence-corrected chi connectivity index (χ3v) is 3.45. The zero-order valence-electron chi connectivity index (χ0n) is 14.0. The molecule has 0 bridgehead atoms. The summed E-state index contributed by atoms with van der Waals surface area (Å²) >= 11 is 0. The second-order valence-electron chi connectivity index (χ2n) is 5.26. The molecule has 0 heterocycles. The lowest BCUT2D eigenvalue weighted by Gasteiger charge is -2.06. The Labute approximate surface area is 143 Å². The summed E-state index contributed by atoms with van der Waals surface area (Å²) < 4.78 is 5.09. The molecule has 0 saturated carbocycles. The number of aliphatic hydroxyl groups excluding tert-OH is 1. The second kappa shape index (κ2) is 12.0. The van der Waals surface area contributed by atoms with Gasteiger partial charge in [-0.25, -0.2) is 0 Å². The summed E-state index contributed by atoms with van der Waals surface area (Å²) in [7, 11) is 1.62. The van der Waals surface area contributed by atoms with E-state index < -0.39 is 0 Å². The van der Waals surface area contributed by atoms with E-state index in [1.165, 1.54) is 6.20 Å². The number of hydrogen-bond acceptors (Lipinski definition) is 5. The SMILES string of the molecule is COc1ccc(CCNC(=O)/C(C#N)=C\NCCCCCO)cc1. The maximum absolute atomic E-state index is 11.9.